The summed E-state index contributed by atoms with van der Waals surface area (Å²) in [6, 6.07) is 13.5. The fraction of sp³-hybridized carbons (Fsp3) is 0.375. The van der Waals surface area contributed by atoms with Gasteiger partial charge in [0.2, 0.25) is 5.91 Å². The van der Waals surface area contributed by atoms with E-state index in [2.05, 4.69) is 10.4 Å². The summed E-state index contributed by atoms with van der Waals surface area (Å²) in [6.07, 6.45) is 5.61. The van der Waals surface area contributed by atoms with Crippen LogP contribution in [0.3, 0.4) is 0 Å². The van der Waals surface area contributed by atoms with Gasteiger partial charge in [0.1, 0.15) is 5.82 Å². The highest BCUT2D eigenvalue weighted by Gasteiger charge is 2.43. The summed E-state index contributed by atoms with van der Waals surface area (Å²) in [4.78, 5) is 26.2. The van der Waals surface area contributed by atoms with E-state index in [9.17, 15) is 14.0 Å². The van der Waals surface area contributed by atoms with Crippen LogP contribution in [0.1, 0.15) is 44.6 Å². The Morgan fingerprint density at radius 1 is 1.20 bits per heavy atom. The second-order valence-corrected chi connectivity index (χ2v) is 8.10. The Balaban J connectivity index is 1.58. The van der Waals surface area contributed by atoms with Gasteiger partial charge in [-0.05, 0) is 43.0 Å². The molecule has 156 valence electrons. The lowest BCUT2D eigenvalue weighted by Gasteiger charge is -2.31. The van der Waals surface area contributed by atoms with Crippen molar-refractivity contribution < 1.29 is 9.18 Å². The molecule has 1 heterocycles. The van der Waals surface area contributed by atoms with Crippen LogP contribution >= 0.6 is 0 Å². The van der Waals surface area contributed by atoms with Crippen molar-refractivity contribution in [3.63, 3.8) is 0 Å². The van der Waals surface area contributed by atoms with E-state index in [1.165, 1.54) is 16.8 Å². The van der Waals surface area contributed by atoms with Gasteiger partial charge in [-0.15, -0.1) is 0 Å². The maximum atomic E-state index is 13.9. The molecule has 1 aliphatic rings. The van der Waals surface area contributed by atoms with Crippen molar-refractivity contribution in [1.29, 1.82) is 0 Å². The summed E-state index contributed by atoms with van der Waals surface area (Å²) in [5.41, 5.74) is -0.146. The number of hydrogen-bond acceptors (Lipinski definition) is 3. The Morgan fingerprint density at radius 2 is 1.97 bits per heavy atom. The highest BCUT2D eigenvalue weighted by atomic mass is 19.1. The molecule has 1 saturated carbocycles. The molecule has 1 aromatic heterocycles. The van der Waals surface area contributed by atoms with Crippen LogP contribution in [-0.2, 0) is 16.8 Å². The number of hydrogen-bond donors (Lipinski definition) is 1. The van der Waals surface area contributed by atoms with Crippen molar-refractivity contribution in [2.45, 2.75) is 57.0 Å². The van der Waals surface area contributed by atoms with Gasteiger partial charge in [-0.25, -0.2) is 9.07 Å². The van der Waals surface area contributed by atoms with Gasteiger partial charge in [-0.1, -0.05) is 50.1 Å². The highest BCUT2D eigenvalue weighted by Crippen LogP contribution is 2.41. The number of carbonyl (C=O) groups excluding carboxylic acids is 1. The molecule has 3 aromatic rings. The Labute approximate surface area is 174 Å². The molecule has 1 amide bonds. The Morgan fingerprint density at radius 3 is 2.70 bits per heavy atom. The quantitative estimate of drug-likeness (QED) is 0.673. The van der Waals surface area contributed by atoms with E-state index in [0.717, 1.165) is 23.8 Å². The molecule has 5 nitrogen and oxygen atoms in total. The van der Waals surface area contributed by atoms with Crippen LogP contribution in [0.4, 0.5) is 4.39 Å². The van der Waals surface area contributed by atoms with E-state index in [-0.39, 0.29) is 23.3 Å². The first-order valence-electron chi connectivity index (χ1n) is 10.6. The molecular weight excluding hydrogens is 381 g/mol. The maximum absolute atomic E-state index is 13.9. The standard InChI is InChI=1S/C24H26FN3O2/c1-2-20(16-28-22(29)21-11-4-3-8-17(21)15-26-28)27-23(30)24(12-5-6-13-24)18-9-7-10-19(25)14-18/h3-4,7-11,14-15,20H,2,5-6,12-13,16H2,1H3,(H,27,30)/t20-/m1/s1. The lowest BCUT2D eigenvalue weighted by molar-refractivity contribution is -0.127. The molecule has 1 atom stereocenters. The van der Waals surface area contributed by atoms with Crippen LogP contribution in [-0.4, -0.2) is 21.7 Å². The van der Waals surface area contributed by atoms with Crippen LogP contribution in [0.25, 0.3) is 10.8 Å². The van der Waals surface area contributed by atoms with Crippen molar-refractivity contribution in [2.75, 3.05) is 0 Å². The van der Waals surface area contributed by atoms with Gasteiger partial charge in [-0.2, -0.15) is 5.10 Å². The molecule has 1 N–H and O–H groups in total. The molecule has 2 aromatic carbocycles. The zero-order valence-electron chi connectivity index (χ0n) is 17.1. The number of rotatable bonds is 6. The van der Waals surface area contributed by atoms with Crippen LogP contribution in [0.15, 0.2) is 59.5 Å². The van der Waals surface area contributed by atoms with Gasteiger partial charge in [0.15, 0.2) is 0 Å². The number of benzene rings is 2. The van der Waals surface area contributed by atoms with Crippen molar-refractivity contribution in [3.8, 4) is 0 Å². The topological polar surface area (TPSA) is 64.0 Å². The maximum Gasteiger partial charge on any atom is 0.274 e. The molecular formula is C24H26FN3O2. The fourth-order valence-electron chi connectivity index (χ4n) is 4.48. The monoisotopic (exact) mass is 407 g/mol. The lowest BCUT2D eigenvalue weighted by atomic mass is 9.77. The zero-order valence-corrected chi connectivity index (χ0v) is 17.1. The Kier molecular flexibility index (Phi) is 5.66. The van der Waals surface area contributed by atoms with Crippen molar-refractivity contribution in [3.05, 3.63) is 76.5 Å². The second kappa shape index (κ2) is 8.38. The van der Waals surface area contributed by atoms with Crippen molar-refractivity contribution in [1.82, 2.24) is 15.1 Å². The summed E-state index contributed by atoms with van der Waals surface area (Å²) in [5.74, 6) is -0.420. The SMILES string of the molecule is CC[C@H](Cn1ncc2ccccc2c1=O)NC(=O)C1(c2cccc(F)c2)CCCC1. The molecule has 0 saturated heterocycles. The van der Waals surface area contributed by atoms with E-state index in [1.54, 1.807) is 18.3 Å². The molecule has 30 heavy (non-hydrogen) atoms. The first kappa shape index (κ1) is 20.3. The van der Waals surface area contributed by atoms with Gasteiger partial charge in [0, 0.05) is 11.4 Å². The number of aromatic nitrogens is 2. The summed E-state index contributed by atoms with van der Waals surface area (Å²) in [7, 11) is 0. The Bertz CT molecular complexity index is 1120. The molecule has 0 bridgehead atoms. The minimum absolute atomic E-state index is 0.0914. The summed E-state index contributed by atoms with van der Waals surface area (Å²) in [5, 5.41) is 8.83. The van der Waals surface area contributed by atoms with Crippen LogP contribution in [0.5, 0.6) is 0 Å². The molecule has 0 spiro atoms. The molecule has 0 aliphatic heterocycles. The molecule has 6 heteroatoms. The number of fused-ring (bicyclic) bond motifs is 1. The molecule has 0 radical (unpaired) electrons. The number of nitrogens with zero attached hydrogens (tertiary/aromatic N) is 2. The van der Waals surface area contributed by atoms with Crippen LogP contribution in [0, 0.1) is 5.82 Å². The third-order valence-electron chi connectivity index (χ3n) is 6.25. The van der Waals surface area contributed by atoms with Crippen LogP contribution < -0.4 is 10.9 Å². The minimum atomic E-state index is -0.711. The minimum Gasteiger partial charge on any atom is -0.351 e. The van der Waals surface area contributed by atoms with E-state index in [0.29, 0.717) is 31.2 Å². The summed E-state index contributed by atoms with van der Waals surface area (Å²) in [6.45, 7) is 2.27. The largest absolute Gasteiger partial charge is 0.351 e. The Hall–Kier alpha value is -3.02. The second-order valence-electron chi connectivity index (χ2n) is 8.10. The average molecular weight is 407 g/mol. The fourth-order valence-corrected chi connectivity index (χ4v) is 4.48. The number of halogens is 1. The number of carbonyl (C=O) groups is 1. The predicted octanol–water partition coefficient (Wildman–Crippen LogP) is 3.94. The molecule has 4 rings (SSSR count). The molecule has 1 aliphatic carbocycles. The number of nitrogens with one attached hydrogen (secondary N) is 1. The van der Waals surface area contributed by atoms with E-state index >= 15 is 0 Å². The van der Waals surface area contributed by atoms with Gasteiger partial charge in [0.05, 0.1) is 23.5 Å². The summed E-state index contributed by atoms with van der Waals surface area (Å²) < 4.78 is 15.3. The highest BCUT2D eigenvalue weighted by molar-refractivity contribution is 5.88. The van der Waals surface area contributed by atoms with E-state index in [1.807, 2.05) is 31.2 Å². The van der Waals surface area contributed by atoms with E-state index in [4.69, 9.17) is 0 Å². The third-order valence-corrected chi connectivity index (χ3v) is 6.25. The van der Waals surface area contributed by atoms with Crippen LogP contribution in [0.2, 0.25) is 0 Å². The van der Waals surface area contributed by atoms with Crippen molar-refractivity contribution in [2.24, 2.45) is 0 Å². The molecule has 1 fully saturated rings. The lowest BCUT2D eigenvalue weighted by Crippen LogP contribution is -2.49. The van der Waals surface area contributed by atoms with Gasteiger partial charge in [0.25, 0.3) is 5.56 Å². The normalized spacial score (nSPS) is 16.5. The number of amides is 1. The molecule has 0 unspecified atom stereocenters. The van der Waals surface area contributed by atoms with Gasteiger partial charge < -0.3 is 5.32 Å². The average Bonchev–Trinajstić information content (AvgIpc) is 3.26. The van der Waals surface area contributed by atoms with Gasteiger partial charge >= 0.3 is 0 Å². The third kappa shape index (κ3) is 3.74. The van der Waals surface area contributed by atoms with Gasteiger partial charge in [-0.3, -0.25) is 9.59 Å². The zero-order chi connectivity index (χ0) is 21.1. The summed E-state index contributed by atoms with van der Waals surface area (Å²) >= 11 is 0. The first-order chi connectivity index (χ1) is 14.5. The van der Waals surface area contributed by atoms with Crippen molar-refractivity contribution >= 4 is 16.7 Å². The first-order valence-corrected chi connectivity index (χ1v) is 10.6. The van der Waals surface area contributed by atoms with E-state index < -0.39 is 5.41 Å². The predicted molar refractivity (Wildman–Crippen MR) is 115 cm³/mol. The smallest absolute Gasteiger partial charge is 0.274 e.